The second kappa shape index (κ2) is 4.92. The van der Waals surface area contributed by atoms with E-state index in [2.05, 4.69) is 0 Å². The molecule has 0 aliphatic rings. The highest BCUT2D eigenvalue weighted by Gasteiger charge is 2.11. The molecule has 0 bridgehead atoms. The fourth-order valence-electron chi connectivity index (χ4n) is 1.01. The van der Waals surface area contributed by atoms with Gasteiger partial charge >= 0.3 is 0 Å². The van der Waals surface area contributed by atoms with Gasteiger partial charge in [0.15, 0.2) is 0 Å². The van der Waals surface area contributed by atoms with Gasteiger partial charge in [-0.2, -0.15) is 0 Å². The van der Waals surface area contributed by atoms with Crippen LogP contribution >= 0.6 is 0 Å². The van der Waals surface area contributed by atoms with Crippen molar-refractivity contribution in [3.63, 3.8) is 0 Å². The molecule has 0 spiro atoms. The second-order valence-corrected chi connectivity index (χ2v) is 4.69. The molecule has 0 fully saturated rings. The molecule has 1 aromatic carbocycles. The lowest BCUT2D eigenvalue weighted by Gasteiger charge is -2.06. The number of rotatable bonds is 4. The summed E-state index contributed by atoms with van der Waals surface area (Å²) in [5.74, 6) is 0. The molecule has 1 rings (SSSR count). The van der Waals surface area contributed by atoms with E-state index < -0.39 is 10.8 Å². The van der Waals surface area contributed by atoms with E-state index in [1.54, 1.807) is 0 Å². The fourth-order valence-corrected chi connectivity index (χ4v) is 2.15. The van der Waals surface area contributed by atoms with Gasteiger partial charge in [-0.05, 0) is 12.1 Å². The van der Waals surface area contributed by atoms with Gasteiger partial charge in [0.1, 0.15) is 6.29 Å². The van der Waals surface area contributed by atoms with E-state index in [0.717, 1.165) is 11.2 Å². The summed E-state index contributed by atoms with van der Waals surface area (Å²) in [6.45, 7) is 1.82. The third-order valence-corrected chi connectivity index (χ3v) is 3.43. The number of carbonyl (C=O) groups excluding carboxylic acids is 1. The topological polar surface area (TPSA) is 34.1 Å². The Bertz CT molecular complexity index is 295. The van der Waals surface area contributed by atoms with E-state index in [0.29, 0.717) is 6.42 Å². The molecule has 0 saturated heterocycles. The third kappa shape index (κ3) is 2.77. The van der Waals surface area contributed by atoms with Gasteiger partial charge in [-0.1, -0.05) is 25.1 Å². The van der Waals surface area contributed by atoms with Crippen LogP contribution in [-0.4, -0.2) is 15.7 Å². The highest BCUT2D eigenvalue weighted by molar-refractivity contribution is 7.85. The maximum absolute atomic E-state index is 11.7. The van der Waals surface area contributed by atoms with E-state index in [1.807, 2.05) is 37.3 Å². The third-order valence-electron chi connectivity index (χ3n) is 1.77. The molecule has 70 valence electrons. The van der Waals surface area contributed by atoms with Gasteiger partial charge < -0.3 is 4.79 Å². The van der Waals surface area contributed by atoms with Crippen LogP contribution < -0.4 is 0 Å². The molecular weight excluding hydrogens is 184 g/mol. The van der Waals surface area contributed by atoms with Crippen LogP contribution in [0.1, 0.15) is 13.3 Å². The number of aldehydes is 1. The summed E-state index contributed by atoms with van der Waals surface area (Å²) < 4.78 is 11.7. The molecule has 0 aromatic heterocycles. The van der Waals surface area contributed by atoms with Crippen molar-refractivity contribution in [2.24, 2.45) is 0 Å². The first kappa shape index (κ1) is 10.1. The zero-order valence-electron chi connectivity index (χ0n) is 7.47. The van der Waals surface area contributed by atoms with Crippen LogP contribution in [0.15, 0.2) is 35.2 Å². The summed E-state index contributed by atoms with van der Waals surface area (Å²) >= 11 is 0. The van der Waals surface area contributed by atoms with Gasteiger partial charge in [0.25, 0.3) is 0 Å². The molecule has 0 heterocycles. The Morgan fingerprint density at radius 1 is 1.38 bits per heavy atom. The van der Waals surface area contributed by atoms with Gasteiger partial charge in [-0.25, -0.2) is 0 Å². The van der Waals surface area contributed by atoms with Crippen molar-refractivity contribution in [1.82, 2.24) is 0 Å². The molecule has 13 heavy (non-hydrogen) atoms. The summed E-state index contributed by atoms with van der Waals surface area (Å²) in [5, 5.41) is -0.0973. The molecule has 0 aliphatic carbocycles. The largest absolute Gasteiger partial charge is 0.303 e. The van der Waals surface area contributed by atoms with Gasteiger partial charge in [0, 0.05) is 16.6 Å². The van der Waals surface area contributed by atoms with E-state index >= 15 is 0 Å². The smallest absolute Gasteiger partial charge is 0.121 e. The summed E-state index contributed by atoms with van der Waals surface area (Å²) in [6.07, 6.45) is 1.16. The van der Waals surface area contributed by atoms with Crippen LogP contribution in [0.4, 0.5) is 0 Å². The number of benzene rings is 1. The molecule has 0 radical (unpaired) electrons. The van der Waals surface area contributed by atoms with Crippen molar-refractivity contribution in [1.29, 1.82) is 0 Å². The molecule has 2 nitrogen and oxygen atoms in total. The first-order valence-electron chi connectivity index (χ1n) is 4.15. The van der Waals surface area contributed by atoms with Crippen LogP contribution in [0.3, 0.4) is 0 Å². The van der Waals surface area contributed by atoms with Gasteiger partial charge in [-0.3, -0.25) is 4.21 Å². The van der Waals surface area contributed by atoms with Crippen molar-refractivity contribution in [3.05, 3.63) is 30.3 Å². The minimum Gasteiger partial charge on any atom is -0.303 e. The highest BCUT2D eigenvalue weighted by Crippen LogP contribution is 2.11. The standard InChI is InChI=1S/C10H12O2S/c1-9(7-8-11)13(12)10-5-3-2-4-6-10/h2-6,8-9H,7H2,1H3. The summed E-state index contributed by atoms with van der Waals surface area (Å²) in [5.41, 5.74) is 0. The van der Waals surface area contributed by atoms with E-state index in [4.69, 9.17) is 0 Å². The van der Waals surface area contributed by atoms with Gasteiger partial charge in [-0.15, -0.1) is 0 Å². The number of hydrogen-bond donors (Lipinski definition) is 0. The lowest BCUT2D eigenvalue weighted by Crippen LogP contribution is -2.11. The maximum Gasteiger partial charge on any atom is 0.121 e. The summed E-state index contributed by atoms with van der Waals surface area (Å²) in [7, 11) is -1.06. The minimum atomic E-state index is -1.06. The first-order chi connectivity index (χ1) is 6.25. The quantitative estimate of drug-likeness (QED) is 0.688. The average Bonchev–Trinajstić information content (AvgIpc) is 2.18. The van der Waals surface area contributed by atoms with Gasteiger partial charge in [0.2, 0.25) is 0 Å². The number of hydrogen-bond acceptors (Lipinski definition) is 2. The minimum absolute atomic E-state index is 0.0973. The fraction of sp³-hybridized carbons (Fsp3) is 0.300. The molecule has 0 aliphatic heterocycles. The molecule has 0 N–H and O–H groups in total. The molecule has 2 unspecified atom stereocenters. The van der Waals surface area contributed by atoms with E-state index in [-0.39, 0.29) is 5.25 Å². The van der Waals surface area contributed by atoms with E-state index in [9.17, 15) is 9.00 Å². The molecule has 2 atom stereocenters. The van der Waals surface area contributed by atoms with Crippen LogP contribution in [0.5, 0.6) is 0 Å². The summed E-state index contributed by atoms with van der Waals surface area (Å²) in [4.78, 5) is 11.0. The Balaban J connectivity index is 2.73. The molecular formula is C10H12O2S. The van der Waals surface area contributed by atoms with Crippen molar-refractivity contribution in [3.8, 4) is 0 Å². The Labute approximate surface area is 80.4 Å². The lowest BCUT2D eigenvalue weighted by atomic mass is 10.4. The highest BCUT2D eigenvalue weighted by atomic mass is 32.2. The summed E-state index contributed by atoms with van der Waals surface area (Å²) in [6, 6.07) is 9.21. The predicted molar refractivity (Wildman–Crippen MR) is 53.0 cm³/mol. The average molecular weight is 196 g/mol. The molecule has 0 amide bonds. The Morgan fingerprint density at radius 2 is 2.00 bits per heavy atom. The Hall–Kier alpha value is -0.960. The second-order valence-electron chi connectivity index (χ2n) is 2.82. The Kier molecular flexibility index (Phi) is 3.83. The lowest BCUT2D eigenvalue weighted by molar-refractivity contribution is -0.107. The van der Waals surface area contributed by atoms with Crippen molar-refractivity contribution < 1.29 is 9.00 Å². The van der Waals surface area contributed by atoms with Crippen molar-refractivity contribution in [2.45, 2.75) is 23.5 Å². The maximum atomic E-state index is 11.7. The Morgan fingerprint density at radius 3 is 2.54 bits per heavy atom. The van der Waals surface area contributed by atoms with Crippen LogP contribution in [0, 0.1) is 0 Å². The van der Waals surface area contributed by atoms with Gasteiger partial charge in [0.05, 0.1) is 10.8 Å². The molecule has 0 saturated carbocycles. The van der Waals surface area contributed by atoms with E-state index in [1.165, 1.54) is 0 Å². The monoisotopic (exact) mass is 196 g/mol. The van der Waals surface area contributed by atoms with Crippen LogP contribution in [-0.2, 0) is 15.6 Å². The molecule has 1 aromatic rings. The molecule has 3 heteroatoms. The predicted octanol–water partition coefficient (Wildman–Crippen LogP) is 1.77. The van der Waals surface area contributed by atoms with Crippen LogP contribution in [0.25, 0.3) is 0 Å². The zero-order valence-corrected chi connectivity index (χ0v) is 8.29. The van der Waals surface area contributed by atoms with Crippen LogP contribution in [0.2, 0.25) is 0 Å². The SMILES string of the molecule is CC(CC=O)S(=O)c1ccccc1. The first-order valence-corrected chi connectivity index (χ1v) is 5.36. The number of carbonyl (C=O) groups is 1. The zero-order chi connectivity index (χ0) is 9.68. The normalized spacial score (nSPS) is 14.8. The van der Waals surface area contributed by atoms with Crippen molar-refractivity contribution in [2.75, 3.05) is 0 Å². The van der Waals surface area contributed by atoms with Crippen molar-refractivity contribution >= 4 is 17.1 Å².